The molecule has 1 saturated heterocycles. The van der Waals surface area contributed by atoms with Crippen molar-refractivity contribution >= 4 is 17.7 Å². The first-order valence-corrected chi connectivity index (χ1v) is 6.41. The van der Waals surface area contributed by atoms with Gasteiger partial charge in [0.25, 0.3) is 0 Å². The molecule has 1 aliphatic heterocycles. The molecule has 4 nitrogen and oxygen atoms in total. The Morgan fingerprint density at radius 3 is 3.12 bits per heavy atom. The lowest BCUT2D eigenvalue weighted by Crippen LogP contribution is -2.30. The minimum Gasteiger partial charge on any atom is -0.478 e. The van der Waals surface area contributed by atoms with Gasteiger partial charge in [0.2, 0.25) is 0 Å². The first-order valence-electron chi connectivity index (χ1n) is 5.25. The van der Waals surface area contributed by atoms with E-state index < -0.39 is 5.97 Å². The maximum atomic E-state index is 10.7. The number of hydrogen-bond acceptors (Lipinski definition) is 4. The number of carboxylic acids is 1. The van der Waals surface area contributed by atoms with E-state index in [1.54, 1.807) is 6.07 Å². The summed E-state index contributed by atoms with van der Waals surface area (Å²) in [5, 5.41) is 8.77. The largest absolute Gasteiger partial charge is 0.478 e. The van der Waals surface area contributed by atoms with Crippen molar-refractivity contribution in [1.29, 1.82) is 0 Å². The Labute approximate surface area is 98.6 Å². The predicted molar refractivity (Wildman–Crippen MR) is 62.9 cm³/mol. The second kappa shape index (κ2) is 4.93. The van der Waals surface area contributed by atoms with Crippen LogP contribution in [0.4, 0.5) is 0 Å². The van der Waals surface area contributed by atoms with Gasteiger partial charge in [-0.15, -0.1) is 0 Å². The quantitative estimate of drug-likeness (QED) is 0.872. The van der Waals surface area contributed by atoms with Crippen molar-refractivity contribution in [3.63, 3.8) is 0 Å². The Balaban J connectivity index is 1.94. The molecule has 2 rings (SSSR count). The molecule has 1 aromatic heterocycles. The van der Waals surface area contributed by atoms with Crippen molar-refractivity contribution in [2.75, 3.05) is 18.6 Å². The van der Waals surface area contributed by atoms with E-state index in [2.05, 4.69) is 11.9 Å². The number of thioether (sulfide) groups is 1. The molecular weight excluding hydrogens is 226 g/mol. The molecule has 1 aromatic rings. The molecule has 5 heteroatoms. The second-order valence-electron chi connectivity index (χ2n) is 4.04. The van der Waals surface area contributed by atoms with Crippen LogP contribution < -0.4 is 0 Å². The molecule has 1 N–H and O–H groups in total. The monoisotopic (exact) mass is 241 g/mol. The zero-order valence-electron chi connectivity index (χ0n) is 9.18. The summed E-state index contributed by atoms with van der Waals surface area (Å²) < 4.78 is 5.23. The summed E-state index contributed by atoms with van der Waals surface area (Å²) in [6.07, 6.45) is 2.50. The normalized spacial score (nSPS) is 20.5. The van der Waals surface area contributed by atoms with Gasteiger partial charge in [0.1, 0.15) is 12.0 Å². The van der Waals surface area contributed by atoms with Crippen LogP contribution in [0.1, 0.15) is 22.5 Å². The molecule has 1 unspecified atom stereocenters. The van der Waals surface area contributed by atoms with Crippen LogP contribution in [0.5, 0.6) is 0 Å². The molecule has 0 spiro atoms. The molecular formula is C11H15NO3S. The van der Waals surface area contributed by atoms with E-state index in [4.69, 9.17) is 9.52 Å². The van der Waals surface area contributed by atoms with Gasteiger partial charge in [-0.1, -0.05) is 0 Å². The first-order chi connectivity index (χ1) is 7.66. The van der Waals surface area contributed by atoms with Crippen molar-refractivity contribution < 1.29 is 14.3 Å². The average Bonchev–Trinajstić information content (AvgIpc) is 2.87. The van der Waals surface area contributed by atoms with E-state index in [9.17, 15) is 4.79 Å². The smallest absolute Gasteiger partial charge is 0.338 e. The van der Waals surface area contributed by atoms with Crippen LogP contribution >= 0.6 is 11.8 Å². The van der Waals surface area contributed by atoms with E-state index in [1.165, 1.54) is 18.4 Å². The van der Waals surface area contributed by atoms with Gasteiger partial charge in [0, 0.05) is 11.8 Å². The van der Waals surface area contributed by atoms with Gasteiger partial charge in [-0.25, -0.2) is 4.79 Å². The minimum absolute atomic E-state index is 0.226. The van der Waals surface area contributed by atoms with E-state index in [1.807, 2.05) is 11.8 Å². The van der Waals surface area contributed by atoms with Gasteiger partial charge in [0.05, 0.1) is 12.1 Å². The Kier molecular flexibility index (Phi) is 3.56. The van der Waals surface area contributed by atoms with Crippen molar-refractivity contribution in [1.82, 2.24) is 4.90 Å². The first kappa shape index (κ1) is 11.5. The zero-order chi connectivity index (χ0) is 11.5. The number of aromatic carboxylic acids is 1. The lowest BCUT2D eigenvalue weighted by molar-refractivity contribution is 0.0696. The predicted octanol–water partition coefficient (Wildman–Crippen LogP) is 1.92. The number of rotatable bonds is 4. The summed E-state index contributed by atoms with van der Waals surface area (Å²) in [5.41, 5.74) is 0.226. The van der Waals surface area contributed by atoms with Crippen LogP contribution in [0.25, 0.3) is 0 Å². The van der Waals surface area contributed by atoms with Gasteiger partial charge in [-0.2, -0.15) is 11.8 Å². The third-order valence-corrected chi connectivity index (χ3v) is 3.98. The summed E-state index contributed by atoms with van der Waals surface area (Å²) in [5.74, 6) is 2.15. The van der Waals surface area contributed by atoms with Gasteiger partial charge >= 0.3 is 5.97 Å². The van der Waals surface area contributed by atoms with E-state index in [0.717, 1.165) is 11.5 Å². The van der Waals surface area contributed by atoms with Crippen LogP contribution in [0.15, 0.2) is 16.7 Å². The molecule has 16 heavy (non-hydrogen) atoms. The van der Waals surface area contributed by atoms with Gasteiger partial charge in [-0.05, 0) is 25.3 Å². The third kappa shape index (κ3) is 2.59. The van der Waals surface area contributed by atoms with Crippen molar-refractivity contribution in [3.05, 3.63) is 23.7 Å². The highest BCUT2D eigenvalue weighted by Gasteiger charge is 2.21. The van der Waals surface area contributed by atoms with E-state index in [0.29, 0.717) is 12.6 Å². The summed E-state index contributed by atoms with van der Waals surface area (Å²) in [7, 11) is 2.06. The summed E-state index contributed by atoms with van der Waals surface area (Å²) in [6.45, 7) is 0.679. The van der Waals surface area contributed by atoms with Gasteiger partial charge < -0.3 is 9.52 Å². The molecule has 0 amide bonds. The fraction of sp³-hybridized carbons (Fsp3) is 0.545. The van der Waals surface area contributed by atoms with Crippen LogP contribution in [0, 0.1) is 0 Å². The highest BCUT2D eigenvalue weighted by Crippen LogP contribution is 2.22. The summed E-state index contributed by atoms with van der Waals surface area (Å²) in [6, 6.07) is 2.18. The van der Waals surface area contributed by atoms with Crippen molar-refractivity contribution in [2.45, 2.75) is 19.0 Å². The highest BCUT2D eigenvalue weighted by molar-refractivity contribution is 7.99. The molecule has 1 aliphatic rings. The molecule has 0 aromatic carbocycles. The second-order valence-corrected chi connectivity index (χ2v) is 5.19. The Hall–Kier alpha value is -0.940. The summed E-state index contributed by atoms with van der Waals surface area (Å²) in [4.78, 5) is 12.9. The molecule has 88 valence electrons. The maximum absolute atomic E-state index is 10.7. The Bertz CT molecular complexity index is 371. The number of nitrogens with zero attached hydrogens (tertiary/aromatic N) is 1. The van der Waals surface area contributed by atoms with E-state index >= 15 is 0 Å². The zero-order valence-corrected chi connectivity index (χ0v) is 10.00. The Morgan fingerprint density at radius 2 is 2.56 bits per heavy atom. The lowest BCUT2D eigenvalue weighted by Gasteiger charge is -2.21. The van der Waals surface area contributed by atoms with Gasteiger partial charge in [0.15, 0.2) is 0 Å². The van der Waals surface area contributed by atoms with Crippen molar-refractivity contribution in [2.24, 2.45) is 0 Å². The van der Waals surface area contributed by atoms with Crippen LogP contribution in [-0.4, -0.2) is 40.6 Å². The van der Waals surface area contributed by atoms with Crippen LogP contribution in [-0.2, 0) is 6.54 Å². The molecule has 0 radical (unpaired) electrons. The average molecular weight is 241 g/mol. The molecule has 2 heterocycles. The maximum Gasteiger partial charge on any atom is 0.338 e. The molecule has 1 fully saturated rings. The fourth-order valence-electron chi connectivity index (χ4n) is 1.82. The fourth-order valence-corrected chi connectivity index (χ4v) is 3.12. The molecule has 0 saturated carbocycles. The molecule has 0 aliphatic carbocycles. The summed E-state index contributed by atoms with van der Waals surface area (Å²) >= 11 is 1.96. The Morgan fingerprint density at radius 1 is 1.75 bits per heavy atom. The standard InChI is InChI=1S/C11H15NO3S/c1-12(9-2-3-16-7-9)5-10-4-8(6-15-10)11(13)14/h4,6,9H,2-3,5,7H2,1H3,(H,13,14). The van der Waals surface area contributed by atoms with E-state index in [-0.39, 0.29) is 5.56 Å². The van der Waals surface area contributed by atoms with Crippen LogP contribution in [0.3, 0.4) is 0 Å². The topological polar surface area (TPSA) is 53.7 Å². The highest BCUT2D eigenvalue weighted by atomic mass is 32.2. The van der Waals surface area contributed by atoms with Crippen LogP contribution in [0.2, 0.25) is 0 Å². The number of carboxylic acid groups (broad SMARTS) is 1. The minimum atomic E-state index is -0.936. The lowest BCUT2D eigenvalue weighted by atomic mass is 10.2. The number of furan rings is 1. The van der Waals surface area contributed by atoms with Crippen molar-refractivity contribution in [3.8, 4) is 0 Å². The number of carbonyl (C=O) groups is 1. The molecule has 0 bridgehead atoms. The van der Waals surface area contributed by atoms with Gasteiger partial charge in [-0.3, -0.25) is 4.90 Å². The SMILES string of the molecule is CN(Cc1cc(C(=O)O)co1)C1CCSC1. The number of hydrogen-bond donors (Lipinski definition) is 1. The molecule has 1 atom stereocenters. The third-order valence-electron chi connectivity index (χ3n) is 2.83.